The molecule has 2 unspecified atom stereocenters. The number of halogens is 1. The maximum Gasteiger partial charge on any atom is 0.255 e. The summed E-state index contributed by atoms with van der Waals surface area (Å²) in [7, 11) is 0. The third-order valence-electron chi connectivity index (χ3n) is 6.00. The number of pyridine rings is 1. The van der Waals surface area contributed by atoms with Crippen molar-refractivity contribution in [3.63, 3.8) is 0 Å². The van der Waals surface area contributed by atoms with E-state index in [2.05, 4.69) is 10.3 Å². The van der Waals surface area contributed by atoms with Gasteiger partial charge in [-0.15, -0.1) is 0 Å². The molecule has 0 aliphatic carbocycles. The van der Waals surface area contributed by atoms with Crippen LogP contribution in [0.3, 0.4) is 0 Å². The maximum atomic E-state index is 12.9. The standard InChI is InChI=1S/C25H31ClN4O5/c1-14(27)21(15(2)31)19-9-8-16(12-28-19)13-29-24(34)22(32)23(33)25(35)30-10-4-7-20(30)17-5-3-6-18(26)11-17/h3,5-6,8-9,11-12,14,20,22-23,31-33H,4,7,10,13,27H2,1-2H3,(H,29,34)/b21-15+/t14?,20?,22-,23-/m1/s1. The highest BCUT2D eigenvalue weighted by molar-refractivity contribution is 6.30. The van der Waals surface area contributed by atoms with Crippen LogP contribution in [0.4, 0.5) is 0 Å². The van der Waals surface area contributed by atoms with Crippen LogP contribution in [0.15, 0.2) is 48.4 Å². The lowest BCUT2D eigenvalue weighted by Crippen LogP contribution is -2.50. The molecule has 2 heterocycles. The Bertz CT molecular complexity index is 1090. The number of hydrogen-bond donors (Lipinski definition) is 5. The van der Waals surface area contributed by atoms with Crippen molar-refractivity contribution >= 4 is 29.0 Å². The molecule has 9 nitrogen and oxygen atoms in total. The average Bonchev–Trinajstić information content (AvgIpc) is 3.31. The molecule has 1 fully saturated rings. The molecule has 0 saturated carbocycles. The number of aromatic nitrogens is 1. The molecule has 2 aromatic rings. The summed E-state index contributed by atoms with van der Waals surface area (Å²) in [6.45, 7) is 3.69. The van der Waals surface area contributed by atoms with Gasteiger partial charge in [-0.2, -0.15) is 0 Å². The molecular formula is C25H31ClN4O5. The number of benzene rings is 1. The number of carbonyl (C=O) groups excluding carboxylic acids is 2. The van der Waals surface area contributed by atoms with Gasteiger partial charge in [-0.3, -0.25) is 14.6 Å². The van der Waals surface area contributed by atoms with Crippen molar-refractivity contribution in [3.8, 4) is 0 Å². The van der Waals surface area contributed by atoms with E-state index in [1.807, 2.05) is 6.07 Å². The van der Waals surface area contributed by atoms with Gasteiger partial charge in [-0.1, -0.05) is 29.8 Å². The number of aliphatic hydroxyl groups excluding tert-OH is 3. The Morgan fingerprint density at radius 1 is 1.26 bits per heavy atom. The van der Waals surface area contributed by atoms with Crippen molar-refractivity contribution in [1.29, 1.82) is 0 Å². The fraction of sp³-hybridized carbons (Fsp3) is 0.400. The van der Waals surface area contributed by atoms with Crippen LogP contribution < -0.4 is 11.1 Å². The van der Waals surface area contributed by atoms with Gasteiger partial charge in [0.15, 0.2) is 12.2 Å². The lowest BCUT2D eigenvalue weighted by atomic mass is 10.0. The summed E-state index contributed by atoms with van der Waals surface area (Å²) in [5.41, 5.74) is 8.36. The zero-order valence-corrected chi connectivity index (χ0v) is 20.4. The minimum Gasteiger partial charge on any atom is -0.512 e. The third kappa shape index (κ3) is 6.37. The van der Waals surface area contributed by atoms with Gasteiger partial charge in [0.1, 0.15) is 0 Å². The Kier molecular flexibility index (Phi) is 8.85. The molecule has 10 heteroatoms. The molecule has 1 aromatic heterocycles. The predicted molar refractivity (Wildman–Crippen MR) is 132 cm³/mol. The first kappa shape index (κ1) is 26.6. The van der Waals surface area contributed by atoms with Crippen LogP contribution in [-0.4, -0.2) is 61.8 Å². The largest absolute Gasteiger partial charge is 0.512 e. The summed E-state index contributed by atoms with van der Waals surface area (Å²) in [4.78, 5) is 31.1. The molecule has 2 amide bonds. The first-order chi connectivity index (χ1) is 16.6. The van der Waals surface area contributed by atoms with Crippen LogP contribution in [-0.2, 0) is 16.1 Å². The summed E-state index contributed by atoms with van der Waals surface area (Å²) in [5, 5.41) is 33.7. The van der Waals surface area contributed by atoms with Crippen molar-refractivity contribution in [2.24, 2.45) is 5.73 Å². The third-order valence-corrected chi connectivity index (χ3v) is 6.24. The lowest BCUT2D eigenvalue weighted by molar-refractivity contribution is -0.153. The van der Waals surface area contributed by atoms with Gasteiger partial charge in [0.05, 0.1) is 17.5 Å². The monoisotopic (exact) mass is 502 g/mol. The van der Waals surface area contributed by atoms with Gasteiger partial charge in [0.2, 0.25) is 0 Å². The van der Waals surface area contributed by atoms with Crippen LogP contribution >= 0.6 is 11.6 Å². The Morgan fingerprint density at radius 3 is 2.60 bits per heavy atom. The van der Waals surface area contributed by atoms with Crippen molar-refractivity contribution < 1.29 is 24.9 Å². The second-order valence-corrected chi connectivity index (χ2v) is 9.13. The van der Waals surface area contributed by atoms with Gasteiger partial charge < -0.3 is 31.3 Å². The van der Waals surface area contributed by atoms with E-state index in [1.54, 1.807) is 37.3 Å². The van der Waals surface area contributed by atoms with Gasteiger partial charge in [-0.25, -0.2) is 0 Å². The Balaban J connectivity index is 1.60. The second-order valence-electron chi connectivity index (χ2n) is 8.69. The summed E-state index contributed by atoms with van der Waals surface area (Å²) >= 11 is 6.07. The van der Waals surface area contributed by atoms with Crippen molar-refractivity contribution in [2.45, 2.75) is 57.5 Å². The number of nitrogens with zero attached hydrogens (tertiary/aromatic N) is 2. The first-order valence-corrected chi connectivity index (χ1v) is 11.8. The molecule has 1 aliphatic heterocycles. The normalized spacial score (nSPS) is 19.0. The van der Waals surface area contributed by atoms with Crippen molar-refractivity contribution in [2.75, 3.05) is 6.54 Å². The number of aliphatic hydroxyl groups is 3. The minimum atomic E-state index is -1.93. The molecule has 0 spiro atoms. The van der Waals surface area contributed by atoms with Crippen LogP contribution in [0.25, 0.3) is 5.57 Å². The van der Waals surface area contributed by atoms with Crippen LogP contribution in [0.2, 0.25) is 5.02 Å². The van der Waals surface area contributed by atoms with E-state index in [0.29, 0.717) is 34.8 Å². The fourth-order valence-electron chi connectivity index (χ4n) is 4.27. The van der Waals surface area contributed by atoms with Gasteiger partial charge in [-0.05, 0) is 56.0 Å². The molecule has 4 atom stereocenters. The highest BCUT2D eigenvalue weighted by atomic mass is 35.5. The Labute approximate surface area is 209 Å². The van der Waals surface area contributed by atoms with Crippen LogP contribution in [0.1, 0.15) is 49.6 Å². The Morgan fingerprint density at radius 2 is 2.00 bits per heavy atom. The average molecular weight is 503 g/mol. The van der Waals surface area contributed by atoms with E-state index in [9.17, 15) is 24.9 Å². The summed E-state index contributed by atoms with van der Waals surface area (Å²) in [5.74, 6) is -1.52. The number of rotatable bonds is 8. The number of likely N-dealkylation sites (tertiary alicyclic amines) is 1. The molecular weight excluding hydrogens is 472 g/mol. The number of nitrogens with one attached hydrogen (secondary N) is 1. The van der Waals surface area contributed by atoms with Crippen molar-refractivity contribution in [1.82, 2.24) is 15.2 Å². The predicted octanol–water partition coefficient (Wildman–Crippen LogP) is 2.07. The molecule has 35 heavy (non-hydrogen) atoms. The van der Waals surface area contributed by atoms with Gasteiger partial charge >= 0.3 is 0 Å². The number of hydrogen-bond acceptors (Lipinski definition) is 7. The van der Waals surface area contributed by atoms with E-state index < -0.39 is 30.1 Å². The highest BCUT2D eigenvalue weighted by Crippen LogP contribution is 2.33. The summed E-state index contributed by atoms with van der Waals surface area (Å²) < 4.78 is 0. The number of nitrogens with two attached hydrogens (primary N) is 1. The maximum absolute atomic E-state index is 12.9. The van der Waals surface area contributed by atoms with E-state index in [0.717, 1.165) is 12.0 Å². The lowest BCUT2D eigenvalue weighted by Gasteiger charge is -2.28. The number of amides is 2. The molecule has 1 saturated heterocycles. The summed E-state index contributed by atoms with van der Waals surface area (Å²) in [6, 6.07) is 9.81. The minimum absolute atomic E-state index is 0.0221. The number of carbonyl (C=O) groups is 2. The summed E-state index contributed by atoms with van der Waals surface area (Å²) in [6.07, 6.45) is -0.896. The van der Waals surface area contributed by atoms with E-state index in [1.165, 1.54) is 18.0 Å². The molecule has 1 aromatic carbocycles. The Hall–Kier alpha value is -2.98. The van der Waals surface area contributed by atoms with Crippen molar-refractivity contribution in [3.05, 3.63) is 70.2 Å². The SMILES string of the molecule is C/C(O)=C(\c1ccc(CNC(=O)[C@H](O)[C@@H](O)C(=O)N2CCCC2c2cccc(Cl)c2)cn1)C(C)N. The molecule has 1 aliphatic rings. The van der Waals surface area contributed by atoms with E-state index >= 15 is 0 Å². The van der Waals surface area contributed by atoms with E-state index in [-0.39, 0.29) is 18.3 Å². The molecule has 188 valence electrons. The van der Waals surface area contributed by atoms with Crippen LogP contribution in [0, 0.1) is 0 Å². The van der Waals surface area contributed by atoms with Gasteiger partial charge in [0.25, 0.3) is 11.8 Å². The first-order valence-electron chi connectivity index (χ1n) is 11.4. The zero-order valence-electron chi connectivity index (χ0n) is 19.7. The zero-order chi connectivity index (χ0) is 25.7. The second kappa shape index (κ2) is 11.6. The smallest absolute Gasteiger partial charge is 0.255 e. The van der Waals surface area contributed by atoms with Gasteiger partial charge in [0, 0.05) is 35.9 Å². The topological polar surface area (TPSA) is 149 Å². The highest BCUT2D eigenvalue weighted by Gasteiger charge is 2.38. The quantitative estimate of drug-likeness (QED) is 0.347. The fourth-order valence-corrected chi connectivity index (χ4v) is 4.47. The molecule has 0 bridgehead atoms. The molecule has 3 rings (SSSR count). The molecule has 0 radical (unpaired) electrons. The number of allylic oxidation sites excluding steroid dienone is 1. The van der Waals surface area contributed by atoms with Crippen LogP contribution in [0.5, 0.6) is 0 Å². The molecule has 6 N–H and O–H groups in total. The van der Waals surface area contributed by atoms with E-state index in [4.69, 9.17) is 17.3 Å².